The van der Waals surface area contributed by atoms with Gasteiger partial charge < -0.3 is 10.4 Å². The maximum Gasteiger partial charge on any atom is 0.354 e. The van der Waals surface area contributed by atoms with Crippen molar-refractivity contribution in [1.29, 1.82) is 0 Å². The van der Waals surface area contributed by atoms with E-state index in [1.165, 1.54) is 0 Å². The fourth-order valence-corrected chi connectivity index (χ4v) is 3.25. The fourth-order valence-electron chi connectivity index (χ4n) is 2.07. The Morgan fingerprint density at radius 3 is 2.57 bits per heavy atom. The lowest BCUT2D eigenvalue weighted by atomic mass is 9.96. The van der Waals surface area contributed by atoms with Crippen molar-refractivity contribution in [2.24, 2.45) is 0 Å². The minimum absolute atomic E-state index is 0.137. The minimum Gasteiger partial charge on any atom is -0.477 e. The molecule has 106 valence electrons. The highest BCUT2D eigenvalue weighted by atomic mass is 32.2. The van der Waals surface area contributed by atoms with E-state index in [1.807, 2.05) is 0 Å². The van der Waals surface area contributed by atoms with Crippen molar-refractivity contribution in [1.82, 2.24) is 10.3 Å². The zero-order valence-corrected chi connectivity index (χ0v) is 11.0. The first-order valence-electron chi connectivity index (χ1n) is 5.59. The van der Waals surface area contributed by atoms with Gasteiger partial charge in [0.25, 0.3) is 0 Å². The summed E-state index contributed by atoms with van der Waals surface area (Å²) >= 11 is 0. The number of nitrogens with one attached hydrogen (secondary N) is 1. The topological polar surface area (TPSA) is 130 Å². The summed E-state index contributed by atoms with van der Waals surface area (Å²) in [5, 5.41) is 12.1. The number of carbonyl (C=O) groups is 3. The summed E-state index contributed by atoms with van der Waals surface area (Å²) in [6.07, 6.45) is 1.05. The Kier molecular flexibility index (Phi) is 2.57. The summed E-state index contributed by atoms with van der Waals surface area (Å²) < 4.78 is 23.8. The predicted octanol–water partition coefficient (Wildman–Crippen LogP) is -0.140. The Bertz CT molecular complexity index is 894. The standard InChI is InChI=1S/C12H6N2O6S/c15-9-5-1-2-6(12(17)18)14-7(5)10(16)11-8(9)13-3-4-21(11,19)20/h1-4,13H,(H,17,18). The lowest BCUT2D eigenvalue weighted by Gasteiger charge is -2.21. The summed E-state index contributed by atoms with van der Waals surface area (Å²) in [6.45, 7) is 0. The predicted molar refractivity (Wildman–Crippen MR) is 68.1 cm³/mol. The zero-order chi connectivity index (χ0) is 15.4. The highest BCUT2D eigenvalue weighted by Crippen LogP contribution is 2.30. The highest BCUT2D eigenvalue weighted by Gasteiger charge is 2.41. The van der Waals surface area contributed by atoms with E-state index in [-0.39, 0.29) is 11.3 Å². The number of carbonyl (C=O) groups excluding carboxylic acids is 2. The van der Waals surface area contributed by atoms with Crippen LogP contribution in [0.5, 0.6) is 0 Å². The second-order valence-electron chi connectivity index (χ2n) is 4.25. The molecule has 0 fully saturated rings. The van der Waals surface area contributed by atoms with Crippen LogP contribution in [0.25, 0.3) is 0 Å². The first-order chi connectivity index (χ1) is 9.83. The van der Waals surface area contributed by atoms with Crippen LogP contribution in [0.1, 0.15) is 31.3 Å². The van der Waals surface area contributed by atoms with Gasteiger partial charge in [0.15, 0.2) is 0 Å². The van der Waals surface area contributed by atoms with Gasteiger partial charge in [0.1, 0.15) is 22.0 Å². The SMILES string of the molecule is O=C(O)c1ccc2c(n1)C(=O)C1=C(NC=CS1(=O)=O)C2=O. The first-order valence-corrected chi connectivity index (χ1v) is 7.14. The lowest BCUT2D eigenvalue weighted by molar-refractivity contribution is 0.0689. The van der Waals surface area contributed by atoms with Crippen molar-refractivity contribution in [2.45, 2.75) is 0 Å². The Morgan fingerprint density at radius 1 is 1.19 bits per heavy atom. The van der Waals surface area contributed by atoms with E-state index in [4.69, 9.17) is 5.11 Å². The third-order valence-corrected chi connectivity index (χ3v) is 4.45. The summed E-state index contributed by atoms with van der Waals surface area (Å²) in [5.41, 5.74) is -1.41. The Morgan fingerprint density at radius 2 is 1.90 bits per heavy atom. The number of carboxylic acids is 1. The summed E-state index contributed by atoms with van der Waals surface area (Å²) in [7, 11) is -4.06. The average molecular weight is 306 g/mol. The molecule has 1 aromatic heterocycles. The normalized spacial score (nSPS) is 18.9. The number of nitrogens with zero attached hydrogens (tertiary/aromatic N) is 1. The number of aromatic nitrogens is 1. The van der Waals surface area contributed by atoms with Crippen LogP contribution in [0.2, 0.25) is 0 Å². The quantitative estimate of drug-likeness (QED) is 0.733. The molecule has 0 atom stereocenters. The van der Waals surface area contributed by atoms with Gasteiger partial charge in [0.2, 0.25) is 21.4 Å². The molecule has 0 aromatic carbocycles. The Balaban J connectivity index is 2.29. The fraction of sp³-hybridized carbons (Fsp3) is 0. The molecule has 21 heavy (non-hydrogen) atoms. The van der Waals surface area contributed by atoms with E-state index in [0.717, 1.165) is 23.7 Å². The van der Waals surface area contributed by atoms with E-state index in [2.05, 4.69) is 10.3 Å². The number of aromatic carboxylic acids is 1. The van der Waals surface area contributed by atoms with Crippen LogP contribution in [0.15, 0.2) is 34.3 Å². The number of hydrogen-bond donors (Lipinski definition) is 2. The van der Waals surface area contributed by atoms with Crippen LogP contribution in [-0.2, 0) is 9.84 Å². The van der Waals surface area contributed by atoms with Crippen molar-refractivity contribution in [3.63, 3.8) is 0 Å². The molecule has 8 nitrogen and oxygen atoms in total. The maximum atomic E-state index is 12.3. The third kappa shape index (κ3) is 1.78. The van der Waals surface area contributed by atoms with Gasteiger partial charge in [0, 0.05) is 6.20 Å². The monoisotopic (exact) mass is 306 g/mol. The van der Waals surface area contributed by atoms with Gasteiger partial charge in [-0.25, -0.2) is 18.2 Å². The number of pyridine rings is 1. The molecule has 0 spiro atoms. The average Bonchev–Trinajstić information content (AvgIpc) is 2.43. The van der Waals surface area contributed by atoms with Crippen molar-refractivity contribution in [3.05, 3.63) is 51.3 Å². The molecule has 3 rings (SSSR count). The van der Waals surface area contributed by atoms with E-state index in [0.29, 0.717) is 0 Å². The number of sulfone groups is 1. The van der Waals surface area contributed by atoms with Gasteiger partial charge >= 0.3 is 5.97 Å². The van der Waals surface area contributed by atoms with E-state index in [9.17, 15) is 22.8 Å². The molecule has 0 amide bonds. The molecule has 1 aromatic rings. The maximum absolute atomic E-state index is 12.3. The molecule has 2 aliphatic rings. The van der Waals surface area contributed by atoms with Crippen molar-refractivity contribution >= 4 is 27.4 Å². The van der Waals surface area contributed by atoms with Crippen LogP contribution < -0.4 is 5.32 Å². The smallest absolute Gasteiger partial charge is 0.354 e. The number of hydrogen-bond acceptors (Lipinski definition) is 7. The zero-order valence-electron chi connectivity index (χ0n) is 10.2. The molecule has 1 aliphatic carbocycles. The molecule has 0 radical (unpaired) electrons. The van der Waals surface area contributed by atoms with Crippen LogP contribution in [0.4, 0.5) is 0 Å². The van der Waals surface area contributed by atoms with Crippen LogP contribution in [-0.4, -0.2) is 36.0 Å². The van der Waals surface area contributed by atoms with Crippen molar-refractivity contribution < 1.29 is 27.9 Å². The van der Waals surface area contributed by atoms with Gasteiger partial charge in [-0.1, -0.05) is 0 Å². The molecule has 0 unspecified atom stereocenters. The lowest BCUT2D eigenvalue weighted by Crippen LogP contribution is -2.34. The number of Topliss-reactive ketones (excluding diaryl/α,β-unsaturated/α-hetero) is 2. The van der Waals surface area contributed by atoms with Gasteiger partial charge in [-0.05, 0) is 12.1 Å². The second kappa shape index (κ2) is 4.09. The molecule has 0 bridgehead atoms. The molecule has 0 saturated carbocycles. The number of fused-ring (bicyclic) bond motifs is 1. The third-order valence-electron chi connectivity index (χ3n) is 2.99. The van der Waals surface area contributed by atoms with Crippen molar-refractivity contribution in [3.8, 4) is 0 Å². The van der Waals surface area contributed by atoms with Crippen LogP contribution in [0.3, 0.4) is 0 Å². The second-order valence-corrected chi connectivity index (χ2v) is 6.02. The largest absolute Gasteiger partial charge is 0.477 e. The first kappa shape index (κ1) is 13.2. The van der Waals surface area contributed by atoms with E-state index >= 15 is 0 Å². The molecule has 2 N–H and O–H groups in total. The van der Waals surface area contributed by atoms with Gasteiger partial charge in [-0.2, -0.15) is 0 Å². The summed E-state index contributed by atoms with van der Waals surface area (Å²) in [5.74, 6) is -3.11. The Hall–Kier alpha value is -2.81. The number of ketones is 2. The minimum atomic E-state index is -4.06. The Labute approximate surface area is 117 Å². The molecule has 1 aliphatic heterocycles. The van der Waals surface area contributed by atoms with Gasteiger partial charge in [-0.3, -0.25) is 9.59 Å². The summed E-state index contributed by atoms with van der Waals surface area (Å²) in [6, 6.07) is 2.22. The molecule has 2 heterocycles. The molecular weight excluding hydrogens is 300 g/mol. The van der Waals surface area contributed by atoms with E-state index < -0.39 is 43.7 Å². The van der Waals surface area contributed by atoms with E-state index in [1.54, 1.807) is 0 Å². The highest BCUT2D eigenvalue weighted by molar-refractivity contribution is 7.99. The summed E-state index contributed by atoms with van der Waals surface area (Å²) in [4.78, 5) is 38.2. The molecular formula is C12H6N2O6S. The van der Waals surface area contributed by atoms with Crippen molar-refractivity contribution in [2.75, 3.05) is 0 Å². The number of carboxylic acid groups (broad SMARTS) is 1. The van der Waals surface area contributed by atoms with Gasteiger partial charge in [0.05, 0.1) is 11.0 Å². The van der Waals surface area contributed by atoms with Crippen LogP contribution >= 0.6 is 0 Å². The number of rotatable bonds is 1. The van der Waals surface area contributed by atoms with Crippen LogP contribution in [0, 0.1) is 0 Å². The molecule has 9 heteroatoms. The number of allylic oxidation sites excluding steroid dienone is 2. The molecule has 0 saturated heterocycles. The van der Waals surface area contributed by atoms with Gasteiger partial charge in [-0.15, -0.1) is 0 Å².